The van der Waals surface area contributed by atoms with Crippen LogP contribution in [0.4, 0.5) is 4.39 Å². The molecule has 1 aliphatic rings. The maximum atomic E-state index is 14.1. The van der Waals surface area contributed by atoms with Crippen molar-refractivity contribution < 1.29 is 8.81 Å². The van der Waals surface area contributed by atoms with Crippen molar-refractivity contribution >= 4 is 0 Å². The smallest absolute Gasteiger partial charge is 0.230 e. The lowest BCUT2D eigenvalue weighted by atomic mass is 9.97. The summed E-state index contributed by atoms with van der Waals surface area (Å²) in [5.74, 6) is 1.08. The predicted molar refractivity (Wildman–Crippen MR) is 86.4 cm³/mol. The SMILES string of the molecule is C[C@@H](c1ccccc1F)N(Cc1nnc(C(C)(C)C)o1)C1CC1. The van der Waals surface area contributed by atoms with E-state index in [2.05, 4.69) is 15.1 Å². The van der Waals surface area contributed by atoms with Gasteiger partial charge in [0.25, 0.3) is 0 Å². The van der Waals surface area contributed by atoms with Crippen LogP contribution in [-0.2, 0) is 12.0 Å². The summed E-state index contributed by atoms with van der Waals surface area (Å²) in [5.41, 5.74) is 0.558. The fraction of sp³-hybridized carbons (Fsp3) is 0.556. The van der Waals surface area contributed by atoms with Crippen LogP contribution >= 0.6 is 0 Å². The molecule has 1 aromatic heterocycles. The van der Waals surface area contributed by atoms with E-state index in [1.54, 1.807) is 6.07 Å². The van der Waals surface area contributed by atoms with Gasteiger partial charge in [0, 0.05) is 23.1 Å². The number of nitrogens with zero attached hydrogens (tertiary/aromatic N) is 3. The topological polar surface area (TPSA) is 42.2 Å². The van der Waals surface area contributed by atoms with Gasteiger partial charge < -0.3 is 4.42 Å². The van der Waals surface area contributed by atoms with Crippen LogP contribution < -0.4 is 0 Å². The highest BCUT2D eigenvalue weighted by Gasteiger charge is 2.35. The van der Waals surface area contributed by atoms with E-state index in [0.29, 0.717) is 24.4 Å². The number of hydrogen-bond acceptors (Lipinski definition) is 4. The van der Waals surface area contributed by atoms with Crippen molar-refractivity contribution in [1.29, 1.82) is 0 Å². The molecule has 4 nitrogen and oxygen atoms in total. The monoisotopic (exact) mass is 317 g/mol. The summed E-state index contributed by atoms with van der Waals surface area (Å²) in [6.45, 7) is 8.74. The molecule has 1 saturated carbocycles. The molecule has 1 fully saturated rings. The average molecular weight is 317 g/mol. The van der Waals surface area contributed by atoms with Crippen LogP contribution in [0.25, 0.3) is 0 Å². The largest absolute Gasteiger partial charge is 0.423 e. The minimum absolute atomic E-state index is 0.0197. The molecule has 1 atom stereocenters. The van der Waals surface area contributed by atoms with Crippen LogP contribution in [0, 0.1) is 5.82 Å². The molecular formula is C18H24FN3O. The molecule has 0 spiro atoms. The molecule has 1 aliphatic carbocycles. The highest BCUT2D eigenvalue weighted by Crippen LogP contribution is 2.36. The highest BCUT2D eigenvalue weighted by molar-refractivity contribution is 5.21. The number of aromatic nitrogens is 2. The van der Waals surface area contributed by atoms with E-state index in [1.165, 1.54) is 6.07 Å². The third-order valence-corrected chi connectivity index (χ3v) is 4.29. The standard InChI is InChI=1S/C18H24FN3O/c1-12(14-7-5-6-8-15(14)19)22(13-9-10-13)11-16-20-21-17(23-16)18(2,3)4/h5-8,12-13H,9-11H2,1-4H3/t12-/m0/s1. The van der Waals surface area contributed by atoms with Gasteiger partial charge in [0.15, 0.2) is 0 Å². The Morgan fingerprint density at radius 1 is 1.26 bits per heavy atom. The highest BCUT2D eigenvalue weighted by atomic mass is 19.1. The fourth-order valence-corrected chi connectivity index (χ4v) is 2.76. The molecule has 5 heteroatoms. The van der Waals surface area contributed by atoms with Gasteiger partial charge in [0.2, 0.25) is 11.8 Å². The van der Waals surface area contributed by atoms with Gasteiger partial charge in [-0.3, -0.25) is 4.90 Å². The van der Waals surface area contributed by atoms with E-state index in [0.717, 1.165) is 18.4 Å². The Bertz CT molecular complexity index is 673. The van der Waals surface area contributed by atoms with Gasteiger partial charge in [-0.15, -0.1) is 10.2 Å². The third kappa shape index (κ3) is 3.61. The molecule has 0 amide bonds. The number of rotatable bonds is 5. The van der Waals surface area contributed by atoms with Gasteiger partial charge in [-0.2, -0.15) is 0 Å². The van der Waals surface area contributed by atoms with Crippen molar-refractivity contribution in [3.05, 3.63) is 47.4 Å². The van der Waals surface area contributed by atoms with E-state index >= 15 is 0 Å². The lowest BCUT2D eigenvalue weighted by Gasteiger charge is -2.28. The third-order valence-electron chi connectivity index (χ3n) is 4.29. The molecule has 0 saturated heterocycles. The second-order valence-electron chi connectivity index (χ2n) is 7.35. The number of halogens is 1. The van der Waals surface area contributed by atoms with Crippen LogP contribution in [0.5, 0.6) is 0 Å². The fourth-order valence-electron chi connectivity index (χ4n) is 2.76. The summed E-state index contributed by atoms with van der Waals surface area (Å²) >= 11 is 0. The Balaban J connectivity index is 1.80. The zero-order chi connectivity index (χ0) is 16.6. The Morgan fingerprint density at radius 2 is 1.96 bits per heavy atom. The second-order valence-corrected chi connectivity index (χ2v) is 7.35. The lowest BCUT2D eigenvalue weighted by Crippen LogP contribution is -2.29. The maximum absolute atomic E-state index is 14.1. The molecule has 0 radical (unpaired) electrons. The lowest BCUT2D eigenvalue weighted by molar-refractivity contribution is 0.166. The first-order valence-electron chi connectivity index (χ1n) is 8.19. The normalized spacial score (nSPS) is 16.8. The quantitative estimate of drug-likeness (QED) is 0.827. The zero-order valence-electron chi connectivity index (χ0n) is 14.2. The first-order chi connectivity index (χ1) is 10.9. The second kappa shape index (κ2) is 6.04. The number of hydrogen-bond donors (Lipinski definition) is 0. The summed E-state index contributed by atoms with van der Waals surface area (Å²) in [4.78, 5) is 2.26. The zero-order valence-corrected chi connectivity index (χ0v) is 14.2. The molecular weight excluding hydrogens is 293 g/mol. The molecule has 0 aliphatic heterocycles. The van der Waals surface area contributed by atoms with Gasteiger partial charge >= 0.3 is 0 Å². The van der Waals surface area contributed by atoms with Gasteiger partial charge in [-0.25, -0.2) is 4.39 Å². The molecule has 0 bridgehead atoms. The van der Waals surface area contributed by atoms with Gasteiger partial charge in [-0.1, -0.05) is 39.0 Å². The van der Waals surface area contributed by atoms with E-state index in [9.17, 15) is 4.39 Å². The summed E-state index contributed by atoms with van der Waals surface area (Å²) in [6, 6.07) is 7.42. The number of benzene rings is 1. The molecule has 3 rings (SSSR count). The Labute approximate surface area is 136 Å². The first kappa shape index (κ1) is 16.1. The van der Waals surface area contributed by atoms with Gasteiger partial charge in [0.1, 0.15) is 5.82 Å². The van der Waals surface area contributed by atoms with E-state index < -0.39 is 0 Å². The van der Waals surface area contributed by atoms with Crippen molar-refractivity contribution in [2.75, 3.05) is 0 Å². The molecule has 2 aromatic rings. The van der Waals surface area contributed by atoms with E-state index in [1.807, 2.05) is 39.8 Å². The summed E-state index contributed by atoms with van der Waals surface area (Å²) < 4.78 is 19.9. The first-order valence-corrected chi connectivity index (χ1v) is 8.19. The van der Waals surface area contributed by atoms with Crippen molar-refractivity contribution in [3.63, 3.8) is 0 Å². The van der Waals surface area contributed by atoms with Crippen LogP contribution in [0.3, 0.4) is 0 Å². The summed E-state index contributed by atoms with van der Waals surface area (Å²) in [5, 5.41) is 8.33. The van der Waals surface area contributed by atoms with Gasteiger partial charge in [-0.05, 0) is 25.8 Å². The van der Waals surface area contributed by atoms with E-state index in [-0.39, 0.29) is 17.3 Å². The maximum Gasteiger partial charge on any atom is 0.230 e. The summed E-state index contributed by atoms with van der Waals surface area (Å²) in [7, 11) is 0. The average Bonchev–Trinajstić information content (AvgIpc) is 3.21. The molecule has 1 heterocycles. The molecule has 0 N–H and O–H groups in total. The van der Waals surface area contributed by atoms with Crippen LogP contribution in [0.15, 0.2) is 28.7 Å². The van der Waals surface area contributed by atoms with Crippen LogP contribution in [0.1, 0.15) is 63.9 Å². The van der Waals surface area contributed by atoms with Crippen molar-refractivity contribution in [2.45, 2.75) is 64.6 Å². The molecule has 0 unspecified atom stereocenters. The van der Waals surface area contributed by atoms with Crippen molar-refractivity contribution in [2.24, 2.45) is 0 Å². The van der Waals surface area contributed by atoms with Crippen LogP contribution in [0.2, 0.25) is 0 Å². The van der Waals surface area contributed by atoms with Crippen LogP contribution in [-0.4, -0.2) is 21.1 Å². The van der Waals surface area contributed by atoms with Crippen molar-refractivity contribution in [1.82, 2.24) is 15.1 Å². The minimum atomic E-state index is -0.161. The Hall–Kier alpha value is -1.75. The van der Waals surface area contributed by atoms with Crippen molar-refractivity contribution in [3.8, 4) is 0 Å². The predicted octanol–water partition coefficient (Wildman–Crippen LogP) is 4.23. The Morgan fingerprint density at radius 3 is 2.52 bits per heavy atom. The molecule has 124 valence electrons. The molecule has 1 aromatic carbocycles. The molecule has 23 heavy (non-hydrogen) atoms. The van der Waals surface area contributed by atoms with E-state index in [4.69, 9.17) is 4.42 Å². The minimum Gasteiger partial charge on any atom is -0.423 e. The summed E-state index contributed by atoms with van der Waals surface area (Å²) in [6.07, 6.45) is 2.28. The van der Waals surface area contributed by atoms with Gasteiger partial charge in [0.05, 0.1) is 6.54 Å². The Kier molecular flexibility index (Phi) is 4.23.